The lowest BCUT2D eigenvalue weighted by molar-refractivity contribution is -0.155. The van der Waals surface area contributed by atoms with Gasteiger partial charge in [0.15, 0.2) is 0 Å². The second kappa shape index (κ2) is 25.9. The third-order valence-corrected chi connectivity index (χ3v) is 7.58. The lowest BCUT2D eigenvalue weighted by atomic mass is 9.92. The van der Waals surface area contributed by atoms with Gasteiger partial charge >= 0.3 is 23.9 Å². The summed E-state index contributed by atoms with van der Waals surface area (Å²) in [7, 11) is 0. The number of ether oxygens (including phenoxy) is 8. The van der Waals surface area contributed by atoms with Crippen LogP contribution in [0.3, 0.4) is 0 Å². The van der Waals surface area contributed by atoms with Crippen LogP contribution in [0.25, 0.3) is 0 Å². The minimum Gasteiger partial charge on any atom is -0.463 e. The first-order valence-corrected chi connectivity index (χ1v) is 16.4. The van der Waals surface area contributed by atoms with E-state index in [1.807, 2.05) is 27.7 Å². The monoisotopic (exact) mass is 648 g/mol. The summed E-state index contributed by atoms with van der Waals surface area (Å²) < 4.78 is 44.8. The van der Waals surface area contributed by atoms with Crippen molar-refractivity contribution in [3.63, 3.8) is 0 Å². The average molecular weight is 649 g/mol. The van der Waals surface area contributed by atoms with Crippen LogP contribution in [-0.4, -0.2) is 103 Å². The summed E-state index contributed by atoms with van der Waals surface area (Å²) in [6.07, 6.45) is 2.73. The molecule has 0 spiro atoms. The van der Waals surface area contributed by atoms with E-state index in [4.69, 9.17) is 37.9 Å². The van der Waals surface area contributed by atoms with Gasteiger partial charge in [-0.3, -0.25) is 19.2 Å². The summed E-state index contributed by atoms with van der Waals surface area (Å²) >= 11 is 0. The highest BCUT2D eigenvalue weighted by Crippen LogP contribution is 2.21. The van der Waals surface area contributed by atoms with Gasteiger partial charge < -0.3 is 37.9 Å². The molecule has 0 aliphatic heterocycles. The maximum Gasteiger partial charge on any atom is 0.308 e. The van der Waals surface area contributed by atoms with Gasteiger partial charge in [0.1, 0.15) is 26.4 Å². The highest BCUT2D eigenvalue weighted by molar-refractivity contribution is 5.72. The molecule has 264 valence electrons. The van der Waals surface area contributed by atoms with Crippen LogP contribution in [0.5, 0.6) is 0 Å². The van der Waals surface area contributed by atoms with Gasteiger partial charge in [0.05, 0.1) is 81.9 Å². The Kier molecular flexibility index (Phi) is 24.6. The van der Waals surface area contributed by atoms with Gasteiger partial charge in [0.2, 0.25) is 0 Å². The molecule has 0 rings (SSSR count). The molecule has 0 bridgehead atoms. The average Bonchev–Trinajstić information content (AvgIpc) is 3.05. The molecule has 0 aromatic carbocycles. The topological polar surface area (TPSA) is 142 Å². The third-order valence-electron chi connectivity index (χ3n) is 7.58. The highest BCUT2D eigenvalue weighted by atomic mass is 16.6. The SMILES string of the molecule is CCC(C)C(=O)OCCOCC(COCCOC(=O)C(C)CC)(COCCOC(=O)C(C)CC)COCCOC(=O)C(C)CC. The first kappa shape index (κ1) is 42.7. The zero-order valence-electron chi connectivity index (χ0n) is 29.0. The molecule has 4 atom stereocenters. The molecule has 12 heteroatoms. The molecule has 0 aromatic rings. The van der Waals surface area contributed by atoms with Gasteiger partial charge in [-0.1, -0.05) is 55.4 Å². The molecule has 0 aliphatic rings. The van der Waals surface area contributed by atoms with Gasteiger partial charge in [-0.25, -0.2) is 0 Å². The van der Waals surface area contributed by atoms with Crippen molar-refractivity contribution in [2.24, 2.45) is 29.1 Å². The van der Waals surface area contributed by atoms with Gasteiger partial charge in [-0.15, -0.1) is 0 Å². The Bertz CT molecular complexity index is 684. The Morgan fingerprint density at radius 2 is 0.600 bits per heavy atom. The quantitative estimate of drug-likeness (QED) is 0.0674. The molecule has 4 unspecified atom stereocenters. The largest absolute Gasteiger partial charge is 0.463 e. The van der Waals surface area contributed by atoms with Crippen LogP contribution in [0.1, 0.15) is 81.1 Å². The summed E-state index contributed by atoms with van der Waals surface area (Å²) in [5, 5.41) is 0. The van der Waals surface area contributed by atoms with Crippen molar-refractivity contribution in [1.82, 2.24) is 0 Å². The molecule has 0 saturated carbocycles. The van der Waals surface area contributed by atoms with E-state index in [9.17, 15) is 19.2 Å². The smallest absolute Gasteiger partial charge is 0.308 e. The maximum absolute atomic E-state index is 12.0. The van der Waals surface area contributed by atoms with E-state index in [-0.39, 0.29) is 127 Å². The van der Waals surface area contributed by atoms with Crippen molar-refractivity contribution in [3.05, 3.63) is 0 Å². The van der Waals surface area contributed by atoms with Crippen molar-refractivity contribution in [1.29, 1.82) is 0 Å². The molecule has 0 amide bonds. The van der Waals surface area contributed by atoms with Gasteiger partial charge in [-0.2, -0.15) is 0 Å². The fourth-order valence-corrected chi connectivity index (χ4v) is 3.45. The van der Waals surface area contributed by atoms with Crippen LogP contribution in [0.4, 0.5) is 0 Å². The number of carbonyl (C=O) groups is 4. The second-order valence-electron chi connectivity index (χ2n) is 11.6. The Balaban J connectivity index is 5.37. The summed E-state index contributed by atoms with van der Waals surface area (Å²) in [4.78, 5) is 48.1. The third kappa shape index (κ3) is 19.8. The van der Waals surface area contributed by atoms with E-state index >= 15 is 0 Å². The molecule has 0 fully saturated rings. The first-order chi connectivity index (χ1) is 21.5. The number of hydrogen-bond acceptors (Lipinski definition) is 12. The standard InChI is InChI=1S/C33H60O12/c1-9-25(5)29(34)42-17-13-38-21-33(22-39-14-18-43-30(35)26(6)10-2,23-40-15-19-44-31(36)27(7)11-3)24-41-16-20-45-32(37)28(8)12-4/h25-28H,9-24H2,1-8H3. The van der Waals surface area contributed by atoms with Crippen LogP contribution < -0.4 is 0 Å². The Labute approximate surface area is 270 Å². The Morgan fingerprint density at radius 1 is 0.400 bits per heavy atom. The Hall–Kier alpha value is -2.28. The predicted octanol–water partition coefficient (Wildman–Crippen LogP) is 4.40. The molecule has 0 aliphatic carbocycles. The first-order valence-electron chi connectivity index (χ1n) is 16.4. The maximum atomic E-state index is 12.0. The van der Waals surface area contributed by atoms with Crippen LogP contribution in [0, 0.1) is 29.1 Å². The van der Waals surface area contributed by atoms with Crippen molar-refractivity contribution in [2.75, 3.05) is 79.3 Å². The van der Waals surface area contributed by atoms with Gasteiger partial charge in [0.25, 0.3) is 0 Å². The fraction of sp³-hybridized carbons (Fsp3) is 0.879. The summed E-state index contributed by atoms with van der Waals surface area (Å²) in [5.41, 5.74) is -0.830. The molecule has 0 saturated heterocycles. The molecule has 0 heterocycles. The zero-order valence-corrected chi connectivity index (χ0v) is 29.0. The molecular formula is C33H60O12. The normalized spacial score (nSPS) is 15.3. The van der Waals surface area contributed by atoms with Gasteiger partial charge in [-0.05, 0) is 25.7 Å². The predicted molar refractivity (Wildman–Crippen MR) is 167 cm³/mol. The molecule has 12 nitrogen and oxygen atoms in total. The van der Waals surface area contributed by atoms with E-state index < -0.39 is 5.41 Å². The van der Waals surface area contributed by atoms with Crippen molar-refractivity contribution < 1.29 is 57.1 Å². The van der Waals surface area contributed by atoms with Crippen LogP contribution in [0.2, 0.25) is 0 Å². The lowest BCUT2D eigenvalue weighted by Gasteiger charge is -2.33. The molecule has 0 radical (unpaired) electrons. The summed E-state index contributed by atoms with van der Waals surface area (Å²) in [5.74, 6) is -1.92. The number of esters is 4. The molecule has 0 aromatic heterocycles. The van der Waals surface area contributed by atoms with E-state index in [0.29, 0.717) is 25.7 Å². The second-order valence-corrected chi connectivity index (χ2v) is 11.6. The minimum atomic E-state index is -0.830. The van der Waals surface area contributed by atoms with E-state index in [2.05, 4.69) is 0 Å². The van der Waals surface area contributed by atoms with Crippen LogP contribution >= 0.6 is 0 Å². The lowest BCUT2D eigenvalue weighted by Crippen LogP contribution is -2.43. The Morgan fingerprint density at radius 3 is 0.778 bits per heavy atom. The summed E-state index contributed by atoms with van der Waals surface area (Å²) in [6, 6.07) is 0. The van der Waals surface area contributed by atoms with Crippen molar-refractivity contribution in [3.8, 4) is 0 Å². The van der Waals surface area contributed by atoms with E-state index in [1.54, 1.807) is 27.7 Å². The molecule has 0 N–H and O–H groups in total. The molecular weight excluding hydrogens is 588 g/mol. The van der Waals surface area contributed by atoms with E-state index in [1.165, 1.54) is 0 Å². The van der Waals surface area contributed by atoms with Crippen molar-refractivity contribution in [2.45, 2.75) is 81.1 Å². The zero-order chi connectivity index (χ0) is 34.1. The number of hydrogen-bond donors (Lipinski definition) is 0. The number of rotatable bonds is 28. The molecule has 45 heavy (non-hydrogen) atoms. The fourth-order valence-electron chi connectivity index (χ4n) is 3.45. The van der Waals surface area contributed by atoms with Gasteiger partial charge in [0, 0.05) is 0 Å². The number of carbonyl (C=O) groups excluding carboxylic acids is 4. The summed E-state index contributed by atoms with van der Waals surface area (Å²) in [6.45, 7) is 16.3. The van der Waals surface area contributed by atoms with E-state index in [0.717, 1.165) is 0 Å². The van der Waals surface area contributed by atoms with Crippen LogP contribution in [-0.2, 0) is 57.1 Å². The van der Waals surface area contributed by atoms with Crippen LogP contribution in [0.15, 0.2) is 0 Å². The highest BCUT2D eigenvalue weighted by Gasteiger charge is 2.33. The van der Waals surface area contributed by atoms with Crippen molar-refractivity contribution >= 4 is 23.9 Å². The minimum absolute atomic E-state index is 0.0878.